The standard InChI is InChI=1S/C5H9S/c1-5-2-3-6-4-5/h3,5H,2,4H2,1H3. The molecule has 1 fully saturated rings. The molecule has 1 heterocycles. The molecule has 1 aliphatic rings. The van der Waals surface area contributed by atoms with Crippen molar-refractivity contribution in [1.29, 1.82) is 0 Å². The van der Waals surface area contributed by atoms with Crippen LogP contribution in [0.5, 0.6) is 0 Å². The highest BCUT2D eigenvalue weighted by molar-refractivity contribution is 8.01. The van der Waals surface area contributed by atoms with Crippen LogP contribution in [-0.4, -0.2) is 5.75 Å². The quantitative estimate of drug-likeness (QED) is 0.449. The van der Waals surface area contributed by atoms with Gasteiger partial charge in [0.1, 0.15) is 0 Å². The van der Waals surface area contributed by atoms with Crippen LogP contribution in [-0.2, 0) is 0 Å². The van der Waals surface area contributed by atoms with Gasteiger partial charge < -0.3 is 0 Å². The first-order valence-electron chi connectivity index (χ1n) is 2.33. The highest BCUT2D eigenvalue weighted by Crippen LogP contribution is 2.26. The summed E-state index contributed by atoms with van der Waals surface area (Å²) in [5, 5.41) is 0. The fourth-order valence-corrected chi connectivity index (χ4v) is 1.60. The Morgan fingerprint density at radius 2 is 2.67 bits per heavy atom. The van der Waals surface area contributed by atoms with Gasteiger partial charge in [-0.1, -0.05) is 6.92 Å². The van der Waals surface area contributed by atoms with Crippen LogP contribution < -0.4 is 0 Å². The molecule has 1 rings (SSSR count). The average Bonchev–Trinajstić information content (AvgIpc) is 1.86. The van der Waals surface area contributed by atoms with Crippen LogP contribution in [0.1, 0.15) is 13.3 Å². The molecule has 0 spiro atoms. The van der Waals surface area contributed by atoms with Crippen molar-refractivity contribution >= 4 is 11.8 Å². The zero-order chi connectivity index (χ0) is 4.41. The summed E-state index contributed by atoms with van der Waals surface area (Å²) in [7, 11) is 0. The highest BCUT2D eigenvalue weighted by Gasteiger charge is 2.08. The molecule has 0 aliphatic carbocycles. The maximum absolute atomic E-state index is 2.30. The van der Waals surface area contributed by atoms with Gasteiger partial charge in [-0.2, -0.15) is 11.8 Å². The summed E-state index contributed by atoms with van der Waals surface area (Å²) < 4.78 is 0. The lowest BCUT2D eigenvalue weighted by atomic mass is 10.2. The normalized spacial score (nSPS) is 34.5. The van der Waals surface area contributed by atoms with Gasteiger partial charge in [-0.25, -0.2) is 0 Å². The SMILES string of the molecule is CC1C[CH]SC1. The van der Waals surface area contributed by atoms with E-state index in [0.29, 0.717) is 0 Å². The minimum atomic E-state index is 0.954. The Morgan fingerprint density at radius 1 is 1.83 bits per heavy atom. The number of hydrogen-bond acceptors (Lipinski definition) is 1. The molecule has 0 aromatic carbocycles. The van der Waals surface area contributed by atoms with Gasteiger partial charge in [0.2, 0.25) is 0 Å². The van der Waals surface area contributed by atoms with Crippen molar-refractivity contribution in [3.8, 4) is 0 Å². The molecule has 1 saturated heterocycles. The fourth-order valence-electron chi connectivity index (χ4n) is 0.533. The van der Waals surface area contributed by atoms with E-state index in [9.17, 15) is 0 Å². The maximum atomic E-state index is 2.30. The molecule has 1 unspecified atom stereocenters. The molecule has 1 aliphatic heterocycles. The zero-order valence-electron chi connectivity index (χ0n) is 3.98. The summed E-state index contributed by atoms with van der Waals surface area (Å²) in [4.78, 5) is 0. The van der Waals surface area contributed by atoms with Gasteiger partial charge in [0.25, 0.3) is 0 Å². The molecular weight excluding hydrogens is 92.1 g/mol. The van der Waals surface area contributed by atoms with Crippen LogP contribution in [0.25, 0.3) is 0 Å². The van der Waals surface area contributed by atoms with E-state index in [0.717, 1.165) is 5.92 Å². The van der Waals surface area contributed by atoms with E-state index in [1.54, 1.807) is 0 Å². The van der Waals surface area contributed by atoms with E-state index >= 15 is 0 Å². The van der Waals surface area contributed by atoms with Crippen molar-refractivity contribution < 1.29 is 0 Å². The van der Waals surface area contributed by atoms with Crippen LogP contribution in [0.2, 0.25) is 0 Å². The summed E-state index contributed by atoms with van der Waals surface area (Å²) >= 11 is 1.96. The Kier molecular flexibility index (Phi) is 1.41. The van der Waals surface area contributed by atoms with Crippen LogP contribution in [0.4, 0.5) is 0 Å². The van der Waals surface area contributed by atoms with Crippen LogP contribution in [0.15, 0.2) is 0 Å². The van der Waals surface area contributed by atoms with Crippen LogP contribution >= 0.6 is 11.8 Å². The topological polar surface area (TPSA) is 0 Å². The van der Waals surface area contributed by atoms with Crippen molar-refractivity contribution in [3.05, 3.63) is 5.75 Å². The van der Waals surface area contributed by atoms with E-state index in [2.05, 4.69) is 12.7 Å². The molecular formula is C5H9S. The van der Waals surface area contributed by atoms with Crippen molar-refractivity contribution in [1.82, 2.24) is 0 Å². The van der Waals surface area contributed by atoms with Gasteiger partial charge in [0, 0.05) is 5.75 Å². The first kappa shape index (κ1) is 4.51. The zero-order valence-corrected chi connectivity index (χ0v) is 4.79. The van der Waals surface area contributed by atoms with Gasteiger partial charge in [0.15, 0.2) is 0 Å². The minimum Gasteiger partial charge on any atom is -0.157 e. The summed E-state index contributed by atoms with van der Waals surface area (Å²) in [6, 6.07) is 0. The molecule has 1 heteroatoms. The summed E-state index contributed by atoms with van der Waals surface area (Å²) in [6.45, 7) is 2.29. The van der Waals surface area contributed by atoms with Crippen molar-refractivity contribution in [3.63, 3.8) is 0 Å². The third kappa shape index (κ3) is 0.904. The average molecular weight is 101 g/mol. The van der Waals surface area contributed by atoms with E-state index < -0.39 is 0 Å². The van der Waals surface area contributed by atoms with E-state index in [4.69, 9.17) is 0 Å². The smallest absolute Gasteiger partial charge is 0.0169 e. The van der Waals surface area contributed by atoms with Crippen molar-refractivity contribution in [2.45, 2.75) is 13.3 Å². The summed E-state index contributed by atoms with van der Waals surface area (Å²) in [6.07, 6.45) is 1.32. The number of thioether (sulfide) groups is 1. The Bertz CT molecular complexity index is 37.2. The minimum absolute atomic E-state index is 0.954. The van der Waals surface area contributed by atoms with E-state index in [1.165, 1.54) is 12.2 Å². The first-order chi connectivity index (χ1) is 2.89. The fraction of sp³-hybridized carbons (Fsp3) is 0.800. The van der Waals surface area contributed by atoms with Gasteiger partial charge in [-0.3, -0.25) is 0 Å². The molecule has 35 valence electrons. The summed E-state index contributed by atoms with van der Waals surface area (Å²) in [5.41, 5.74) is 0. The lowest BCUT2D eigenvalue weighted by Crippen LogP contribution is -1.85. The Labute approximate surface area is 43.3 Å². The van der Waals surface area contributed by atoms with E-state index in [1.807, 2.05) is 11.8 Å². The highest BCUT2D eigenvalue weighted by atomic mass is 32.2. The monoisotopic (exact) mass is 101 g/mol. The van der Waals surface area contributed by atoms with Crippen LogP contribution in [0.3, 0.4) is 0 Å². The van der Waals surface area contributed by atoms with E-state index in [-0.39, 0.29) is 0 Å². The predicted molar refractivity (Wildman–Crippen MR) is 30.5 cm³/mol. The maximum Gasteiger partial charge on any atom is 0.0169 e. The second-order valence-corrected chi connectivity index (χ2v) is 2.84. The van der Waals surface area contributed by atoms with Crippen LogP contribution in [0, 0.1) is 11.7 Å². The third-order valence-electron chi connectivity index (χ3n) is 0.997. The van der Waals surface area contributed by atoms with Gasteiger partial charge >= 0.3 is 0 Å². The molecule has 0 saturated carbocycles. The van der Waals surface area contributed by atoms with Gasteiger partial charge in [-0.15, -0.1) is 0 Å². The van der Waals surface area contributed by atoms with Crippen molar-refractivity contribution in [2.24, 2.45) is 5.92 Å². The largest absolute Gasteiger partial charge is 0.157 e. The Morgan fingerprint density at radius 3 is 2.83 bits per heavy atom. The number of rotatable bonds is 0. The molecule has 1 atom stereocenters. The Hall–Kier alpha value is 0.350. The molecule has 6 heavy (non-hydrogen) atoms. The summed E-state index contributed by atoms with van der Waals surface area (Å²) in [5.74, 6) is 4.60. The lowest BCUT2D eigenvalue weighted by molar-refractivity contribution is 0.689. The first-order valence-corrected chi connectivity index (χ1v) is 3.38. The molecule has 0 nitrogen and oxygen atoms in total. The Balaban J connectivity index is 2.18. The van der Waals surface area contributed by atoms with Gasteiger partial charge in [-0.05, 0) is 18.1 Å². The lowest BCUT2D eigenvalue weighted by Gasteiger charge is -1.89. The molecule has 0 bridgehead atoms. The molecule has 0 aromatic rings. The predicted octanol–water partition coefficient (Wildman–Crippen LogP) is 1.92. The molecule has 1 radical (unpaired) electrons. The van der Waals surface area contributed by atoms with Crippen molar-refractivity contribution in [2.75, 3.05) is 5.75 Å². The molecule has 0 N–H and O–H groups in total. The third-order valence-corrected chi connectivity index (χ3v) is 2.19. The number of hydrogen-bond donors (Lipinski definition) is 0. The van der Waals surface area contributed by atoms with Gasteiger partial charge in [0.05, 0.1) is 0 Å². The molecule has 0 aromatic heterocycles. The molecule has 0 amide bonds. The second-order valence-electron chi connectivity index (χ2n) is 1.84. The second kappa shape index (κ2) is 1.87.